The maximum absolute atomic E-state index is 6.02. The normalized spacial score (nSPS) is 17.4. The van der Waals surface area contributed by atoms with Gasteiger partial charge in [-0.1, -0.05) is 6.42 Å². The number of fused-ring (bicyclic) bond motifs is 1. The minimum absolute atomic E-state index is 0.0995. The Morgan fingerprint density at radius 2 is 2.21 bits per heavy atom. The molecule has 102 valence electrons. The lowest BCUT2D eigenvalue weighted by Crippen LogP contribution is -2.43. The SMILES string of the molecule is CCn1c(C2(CN)CCC2)nc2cc(OC)ccc21. The molecule has 0 radical (unpaired) electrons. The predicted molar refractivity (Wildman–Crippen MR) is 76.5 cm³/mol. The minimum Gasteiger partial charge on any atom is -0.497 e. The molecular weight excluding hydrogens is 238 g/mol. The van der Waals surface area contributed by atoms with Crippen molar-refractivity contribution in [1.82, 2.24) is 9.55 Å². The fraction of sp³-hybridized carbons (Fsp3) is 0.533. The molecule has 1 aliphatic rings. The highest BCUT2D eigenvalue weighted by Crippen LogP contribution is 2.43. The molecular formula is C15H21N3O. The lowest BCUT2D eigenvalue weighted by Gasteiger charge is -2.40. The van der Waals surface area contributed by atoms with Crippen LogP contribution in [0.5, 0.6) is 5.75 Å². The molecule has 0 bridgehead atoms. The van der Waals surface area contributed by atoms with Crippen molar-refractivity contribution >= 4 is 11.0 Å². The second-order valence-electron chi connectivity index (χ2n) is 5.37. The van der Waals surface area contributed by atoms with Gasteiger partial charge in [-0.3, -0.25) is 0 Å². The van der Waals surface area contributed by atoms with Crippen LogP contribution in [-0.2, 0) is 12.0 Å². The third-order valence-electron chi connectivity index (χ3n) is 4.45. The van der Waals surface area contributed by atoms with E-state index in [0.29, 0.717) is 6.54 Å². The largest absolute Gasteiger partial charge is 0.497 e. The zero-order valence-corrected chi connectivity index (χ0v) is 11.6. The Kier molecular flexibility index (Phi) is 2.97. The molecule has 0 saturated heterocycles. The number of nitrogens with two attached hydrogens (primary N) is 1. The Hall–Kier alpha value is -1.55. The van der Waals surface area contributed by atoms with Crippen molar-refractivity contribution in [1.29, 1.82) is 0 Å². The van der Waals surface area contributed by atoms with Gasteiger partial charge in [-0.2, -0.15) is 0 Å². The maximum atomic E-state index is 6.02. The van der Waals surface area contributed by atoms with Gasteiger partial charge in [0, 0.05) is 24.6 Å². The molecule has 0 aliphatic heterocycles. The monoisotopic (exact) mass is 259 g/mol. The van der Waals surface area contributed by atoms with E-state index in [4.69, 9.17) is 15.5 Å². The van der Waals surface area contributed by atoms with E-state index in [9.17, 15) is 0 Å². The molecule has 3 rings (SSSR count). The first kappa shape index (κ1) is 12.5. The van der Waals surface area contributed by atoms with E-state index in [0.717, 1.165) is 36.5 Å². The Morgan fingerprint density at radius 3 is 2.74 bits per heavy atom. The van der Waals surface area contributed by atoms with Gasteiger partial charge in [0.25, 0.3) is 0 Å². The van der Waals surface area contributed by atoms with Crippen molar-refractivity contribution in [2.45, 2.75) is 38.1 Å². The lowest BCUT2D eigenvalue weighted by atomic mass is 9.68. The van der Waals surface area contributed by atoms with E-state index in [-0.39, 0.29) is 5.41 Å². The Labute approximate surface area is 113 Å². The molecule has 1 heterocycles. The number of imidazole rings is 1. The molecule has 0 spiro atoms. The van der Waals surface area contributed by atoms with E-state index in [1.807, 2.05) is 12.1 Å². The smallest absolute Gasteiger partial charge is 0.121 e. The van der Waals surface area contributed by atoms with Crippen molar-refractivity contribution in [3.05, 3.63) is 24.0 Å². The molecule has 0 unspecified atom stereocenters. The van der Waals surface area contributed by atoms with Crippen LogP contribution in [-0.4, -0.2) is 23.2 Å². The molecule has 2 N–H and O–H groups in total. The summed E-state index contributed by atoms with van der Waals surface area (Å²) in [5.74, 6) is 2.02. The standard InChI is InChI=1S/C15H21N3O/c1-3-18-13-6-5-11(19-2)9-12(13)17-14(18)15(10-16)7-4-8-15/h5-6,9H,3-4,7-8,10,16H2,1-2H3. The highest BCUT2D eigenvalue weighted by Gasteiger charge is 2.41. The van der Waals surface area contributed by atoms with Crippen molar-refractivity contribution in [3.8, 4) is 5.75 Å². The molecule has 19 heavy (non-hydrogen) atoms. The van der Waals surface area contributed by atoms with Gasteiger partial charge in [-0.25, -0.2) is 4.98 Å². The summed E-state index contributed by atoms with van der Waals surface area (Å²) in [5, 5.41) is 0. The van der Waals surface area contributed by atoms with Crippen molar-refractivity contribution in [2.75, 3.05) is 13.7 Å². The first-order chi connectivity index (χ1) is 9.24. The molecule has 1 saturated carbocycles. The van der Waals surface area contributed by atoms with Gasteiger partial charge < -0.3 is 15.0 Å². The molecule has 1 aromatic heterocycles. The fourth-order valence-electron chi connectivity index (χ4n) is 3.08. The number of hydrogen-bond acceptors (Lipinski definition) is 3. The quantitative estimate of drug-likeness (QED) is 0.917. The summed E-state index contributed by atoms with van der Waals surface area (Å²) in [6.07, 6.45) is 3.57. The van der Waals surface area contributed by atoms with Crippen LogP contribution in [0, 0.1) is 0 Å². The van der Waals surface area contributed by atoms with E-state index >= 15 is 0 Å². The first-order valence-corrected chi connectivity index (χ1v) is 6.99. The lowest BCUT2D eigenvalue weighted by molar-refractivity contribution is 0.231. The van der Waals surface area contributed by atoms with Crippen LogP contribution in [0.25, 0.3) is 11.0 Å². The third-order valence-corrected chi connectivity index (χ3v) is 4.45. The summed E-state index contributed by atoms with van der Waals surface area (Å²) in [7, 11) is 1.69. The van der Waals surface area contributed by atoms with Crippen LogP contribution < -0.4 is 10.5 Å². The van der Waals surface area contributed by atoms with Gasteiger partial charge in [0.05, 0.1) is 18.1 Å². The maximum Gasteiger partial charge on any atom is 0.121 e. The second-order valence-corrected chi connectivity index (χ2v) is 5.37. The first-order valence-electron chi connectivity index (χ1n) is 6.99. The summed E-state index contributed by atoms with van der Waals surface area (Å²) in [6.45, 7) is 3.78. The predicted octanol–water partition coefficient (Wildman–Crippen LogP) is 2.45. The number of benzene rings is 1. The van der Waals surface area contributed by atoms with Crippen LogP contribution in [0.1, 0.15) is 32.0 Å². The summed E-state index contributed by atoms with van der Waals surface area (Å²) < 4.78 is 7.59. The summed E-state index contributed by atoms with van der Waals surface area (Å²) in [4.78, 5) is 4.86. The molecule has 4 nitrogen and oxygen atoms in total. The van der Waals surface area contributed by atoms with E-state index in [1.54, 1.807) is 7.11 Å². The van der Waals surface area contributed by atoms with Crippen molar-refractivity contribution < 1.29 is 4.74 Å². The minimum atomic E-state index is 0.0995. The molecule has 1 fully saturated rings. The zero-order chi connectivity index (χ0) is 13.5. The molecule has 4 heteroatoms. The number of aromatic nitrogens is 2. The average Bonchev–Trinajstić information content (AvgIpc) is 2.75. The number of nitrogens with zero attached hydrogens (tertiary/aromatic N) is 2. The van der Waals surface area contributed by atoms with Gasteiger partial charge >= 0.3 is 0 Å². The molecule has 0 amide bonds. The Morgan fingerprint density at radius 1 is 1.42 bits per heavy atom. The van der Waals surface area contributed by atoms with Gasteiger partial charge in [0.1, 0.15) is 11.6 Å². The second kappa shape index (κ2) is 4.53. The van der Waals surface area contributed by atoms with Gasteiger partial charge in [-0.15, -0.1) is 0 Å². The Balaban J connectivity index is 2.18. The molecule has 1 aromatic carbocycles. The highest BCUT2D eigenvalue weighted by molar-refractivity contribution is 5.78. The summed E-state index contributed by atoms with van der Waals surface area (Å²) >= 11 is 0. The van der Waals surface area contributed by atoms with Gasteiger partial charge in [0.2, 0.25) is 0 Å². The number of rotatable bonds is 4. The van der Waals surface area contributed by atoms with Crippen molar-refractivity contribution in [2.24, 2.45) is 5.73 Å². The molecule has 0 atom stereocenters. The average molecular weight is 259 g/mol. The van der Waals surface area contributed by atoms with E-state index in [1.165, 1.54) is 11.9 Å². The molecule has 1 aliphatic carbocycles. The van der Waals surface area contributed by atoms with Crippen molar-refractivity contribution in [3.63, 3.8) is 0 Å². The van der Waals surface area contributed by atoms with Crippen LogP contribution in [0.15, 0.2) is 18.2 Å². The van der Waals surface area contributed by atoms with Crippen LogP contribution >= 0.6 is 0 Å². The Bertz CT molecular complexity index is 593. The molecule has 2 aromatic rings. The third kappa shape index (κ3) is 1.74. The van der Waals surface area contributed by atoms with E-state index in [2.05, 4.69) is 17.6 Å². The number of ether oxygens (including phenoxy) is 1. The van der Waals surface area contributed by atoms with Gasteiger partial charge in [-0.05, 0) is 31.9 Å². The number of hydrogen-bond donors (Lipinski definition) is 1. The summed E-state index contributed by atoms with van der Waals surface area (Å²) in [5.41, 5.74) is 8.31. The summed E-state index contributed by atoms with van der Waals surface area (Å²) in [6, 6.07) is 6.10. The van der Waals surface area contributed by atoms with Gasteiger partial charge in [0.15, 0.2) is 0 Å². The highest BCUT2D eigenvalue weighted by atomic mass is 16.5. The number of methoxy groups -OCH3 is 1. The number of aryl methyl sites for hydroxylation is 1. The topological polar surface area (TPSA) is 53.1 Å². The van der Waals surface area contributed by atoms with Crippen LogP contribution in [0.4, 0.5) is 0 Å². The fourth-order valence-corrected chi connectivity index (χ4v) is 3.08. The van der Waals surface area contributed by atoms with E-state index < -0.39 is 0 Å². The van der Waals surface area contributed by atoms with Crippen LogP contribution in [0.2, 0.25) is 0 Å². The zero-order valence-electron chi connectivity index (χ0n) is 11.6. The van der Waals surface area contributed by atoms with Crippen LogP contribution in [0.3, 0.4) is 0 Å².